The molecule has 3 aliphatic heterocycles. The zero-order valence-electron chi connectivity index (χ0n) is 52.6. The van der Waals surface area contributed by atoms with Crippen molar-refractivity contribution in [3.05, 3.63) is 238 Å². The number of aryl methyl sites for hydroxylation is 5. The molecule has 3 saturated heterocycles. The van der Waals surface area contributed by atoms with Crippen molar-refractivity contribution in [1.82, 2.24) is 53.4 Å². The third kappa shape index (κ3) is 15.2. The van der Waals surface area contributed by atoms with Gasteiger partial charge in [0.2, 0.25) is 0 Å². The van der Waals surface area contributed by atoms with Gasteiger partial charge in [0, 0.05) is 89.4 Å². The number of hydrogen-bond acceptors (Lipinski definition) is 15. The van der Waals surface area contributed by atoms with E-state index in [0.717, 1.165) is 32.9 Å². The Morgan fingerprint density at radius 2 is 0.814 bits per heavy atom. The molecule has 3 amide bonds. The van der Waals surface area contributed by atoms with Crippen LogP contribution in [-0.2, 0) is 53.4 Å². The number of rotatable bonds is 18. The number of hydrogen-bond donors (Lipinski definition) is 3. The van der Waals surface area contributed by atoms with Crippen molar-refractivity contribution in [3.8, 4) is 0 Å². The summed E-state index contributed by atoms with van der Waals surface area (Å²) in [7, 11) is -9.74. The maximum absolute atomic E-state index is 14.7. The highest BCUT2D eigenvalue weighted by Gasteiger charge is 2.55. The first-order chi connectivity index (χ1) is 45.8. The SMILES string of the molecule is Cc1ccc(C(=O)NCC2(c3ncccc3F)CN(S(=O)(=O)c3ccc(C)s3)C2)c(Cl)c1.Cc1ccc(C(=O)NCC2(c3ncccc3F)CN(S(=O)(=O)c3ccc(Cl)s3)C2)c(Cl)c1.Cc1ccc(C(=O)NCC2(c3ncccc3F)CN(S(=O)(=O)c3cnc(C)n3C)C2)c(Cl)c1. The van der Waals surface area contributed by atoms with Gasteiger partial charge < -0.3 is 20.5 Å². The molecule has 9 aromatic rings. The smallest absolute Gasteiger partial charge is 0.260 e. The molecule has 9 heterocycles. The van der Waals surface area contributed by atoms with Gasteiger partial charge in [-0.1, -0.05) is 64.6 Å². The van der Waals surface area contributed by atoms with Crippen molar-refractivity contribution in [1.29, 1.82) is 0 Å². The molecule has 20 nitrogen and oxygen atoms in total. The molecule has 3 fully saturated rings. The van der Waals surface area contributed by atoms with Crippen LogP contribution in [0.5, 0.6) is 0 Å². The number of aromatic nitrogens is 5. The van der Waals surface area contributed by atoms with E-state index in [9.17, 15) is 52.8 Å². The monoisotopic (exact) mass is 1500 g/mol. The Morgan fingerprint density at radius 1 is 0.474 bits per heavy atom. The largest absolute Gasteiger partial charge is 0.351 e. The van der Waals surface area contributed by atoms with E-state index in [-0.39, 0.29) is 101 Å². The third-order valence-corrected chi connectivity index (χ3v) is 26.3. The average Bonchev–Trinajstić information content (AvgIpc) is 1.66. The Labute approximate surface area is 587 Å². The Morgan fingerprint density at radius 3 is 1.10 bits per heavy atom. The number of nitrogens with one attached hydrogen (secondary N) is 3. The van der Waals surface area contributed by atoms with Crippen molar-refractivity contribution < 1.29 is 52.8 Å². The van der Waals surface area contributed by atoms with Gasteiger partial charge in [-0.2, -0.15) is 12.9 Å². The van der Waals surface area contributed by atoms with Crippen LogP contribution in [0.15, 0.2) is 153 Å². The van der Waals surface area contributed by atoms with E-state index in [0.29, 0.717) is 30.8 Å². The summed E-state index contributed by atoms with van der Waals surface area (Å²) >= 11 is 26.6. The summed E-state index contributed by atoms with van der Waals surface area (Å²) in [5.41, 5.74) is 0.903. The predicted octanol–water partition coefficient (Wildman–Crippen LogP) is 10.8. The lowest BCUT2D eigenvalue weighted by atomic mass is 9.77. The van der Waals surface area contributed by atoms with Gasteiger partial charge >= 0.3 is 0 Å². The highest BCUT2D eigenvalue weighted by Crippen LogP contribution is 2.43. The summed E-state index contributed by atoms with van der Waals surface area (Å²) in [5.74, 6) is -2.39. The van der Waals surface area contributed by atoms with Crippen molar-refractivity contribution in [2.75, 3.05) is 58.9 Å². The van der Waals surface area contributed by atoms with Gasteiger partial charge in [0.25, 0.3) is 47.8 Å². The van der Waals surface area contributed by atoms with Gasteiger partial charge in [-0.15, -0.1) is 22.7 Å². The van der Waals surface area contributed by atoms with Crippen LogP contribution in [0, 0.1) is 52.1 Å². The minimum atomic E-state index is -3.86. The molecule has 6 aromatic heterocycles. The fourth-order valence-electron chi connectivity index (χ4n) is 11.3. The topological polar surface area (TPSA) is 256 Å². The predicted molar refractivity (Wildman–Crippen MR) is 366 cm³/mol. The number of amides is 3. The maximum atomic E-state index is 14.7. The van der Waals surface area contributed by atoms with Crippen LogP contribution in [0.25, 0.3) is 0 Å². The van der Waals surface area contributed by atoms with Crippen LogP contribution in [0.2, 0.25) is 19.4 Å². The molecule has 0 unspecified atom stereocenters. The van der Waals surface area contributed by atoms with Crippen molar-refractivity contribution in [3.63, 3.8) is 0 Å². The highest BCUT2D eigenvalue weighted by atomic mass is 35.5. The van der Waals surface area contributed by atoms with Gasteiger partial charge in [-0.3, -0.25) is 29.3 Å². The molecule has 32 heteroatoms. The number of nitrogens with zero attached hydrogens (tertiary/aromatic N) is 8. The lowest BCUT2D eigenvalue weighted by Gasteiger charge is -2.48. The first-order valence-corrected chi connectivity index (χ1v) is 37.0. The summed E-state index contributed by atoms with van der Waals surface area (Å²) in [4.78, 5) is 55.7. The van der Waals surface area contributed by atoms with E-state index in [4.69, 9.17) is 46.4 Å². The van der Waals surface area contributed by atoms with E-state index < -0.39 is 81.5 Å². The van der Waals surface area contributed by atoms with Gasteiger partial charge in [-0.05, 0) is 148 Å². The molecule has 97 heavy (non-hydrogen) atoms. The Hall–Kier alpha value is -7.19. The molecule has 510 valence electrons. The molecule has 0 atom stereocenters. The van der Waals surface area contributed by atoms with Gasteiger partial charge in [0.1, 0.15) is 31.7 Å². The molecule has 3 aliphatic rings. The Bertz CT molecular complexity index is 4670. The summed E-state index contributed by atoms with van der Waals surface area (Å²) in [6.07, 6.45) is 5.64. The van der Waals surface area contributed by atoms with Crippen LogP contribution in [0.1, 0.15) is 75.5 Å². The second-order valence-electron chi connectivity index (χ2n) is 23.8. The molecule has 12 rings (SSSR count). The molecule has 0 aliphatic carbocycles. The van der Waals surface area contributed by atoms with Crippen LogP contribution < -0.4 is 16.0 Å². The lowest BCUT2D eigenvalue weighted by molar-refractivity contribution is 0.0887. The van der Waals surface area contributed by atoms with Gasteiger partial charge in [-0.25, -0.2) is 43.4 Å². The van der Waals surface area contributed by atoms with Crippen LogP contribution >= 0.6 is 69.1 Å². The van der Waals surface area contributed by atoms with Gasteiger partial charge in [0.05, 0.1) is 75.6 Å². The minimum Gasteiger partial charge on any atom is -0.351 e. The molecular formula is C65H62Cl4F3N11O9S5. The minimum absolute atomic E-state index is 0.00211. The first-order valence-electron chi connectivity index (χ1n) is 29.6. The van der Waals surface area contributed by atoms with E-state index in [1.807, 2.05) is 27.7 Å². The summed E-state index contributed by atoms with van der Waals surface area (Å²) in [6, 6.07) is 29.6. The second kappa shape index (κ2) is 28.9. The van der Waals surface area contributed by atoms with Crippen LogP contribution in [0.3, 0.4) is 0 Å². The molecule has 0 bridgehead atoms. The molecule has 0 spiro atoms. The Balaban J connectivity index is 0.000000158. The summed E-state index contributed by atoms with van der Waals surface area (Å²) < 4.78 is 128. The zero-order valence-corrected chi connectivity index (χ0v) is 59.7. The highest BCUT2D eigenvalue weighted by molar-refractivity contribution is 7.91. The maximum Gasteiger partial charge on any atom is 0.260 e. The van der Waals surface area contributed by atoms with Gasteiger partial charge in [0.15, 0.2) is 5.03 Å². The van der Waals surface area contributed by atoms with Crippen molar-refractivity contribution >= 4 is 117 Å². The molecule has 3 aromatic carbocycles. The number of imidazole rings is 1. The van der Waals surface area contributed by atoms with Crippen molar-refractivity contribution in [2.45, 2.75) is 64.3 Å². The molecule has 0 radical (unpaired) electrons. The molecular weight excluding hydrogens is 1440 g/mol. The number of sulfonamides is 3. The first kappa shape index (κ1) is 72.6. The normalized spacial score (nSPS) is 15.8. The summed E-state index contributed by atoms with van der Waals surface area (Å²) in [5, 5.41) is 9.31. The number of benzene rings is 3. The number of pyridine rings is 3. The lowest BCUT2D eigenvalue weighted by Crippen LogP contribution is -2.65. The number of carbonyl (C=O) groups is 3. The Kier molecular flexibility index (Phi) is 21.6. The standard InChI is InChI=1S/C22H23ClFN5O3S.C22H21ClFN3O3S2.C21H18Cl2FN3O3S2/c1-14-6-7-16(17(23)9-14)21(30)27-11-22(20-18(24)5-4-8-25-20)12-29(13-22)33(31,32)19-10-26-15(2)28(19)3;1-14-5-7-16(17(23)10-14)21(28)26-11-22(20-18(24)4-3-9-25-20)12-27(13-22)32(29,30)19-8-6-15(2)31-19;1-13-4-5-14(15(22)9-13)20(28)26-10-21(19-16(24)3-2-8-25-19)11-27(12-21)32(29,30)18-7-6-17(23)31-18/h4-10H,11-13H2,1-3H3,(H,27,30);3-10H,11-13H2,1-2H3,(H,26,28);2-9H,10-12H2,1H3,(H,26,28). The second-order valence-corrected chi connectivity index (χ2v) is 34.2. The van der Waals surface area contributed by atoms with E-state index >= 15 is 0 Å². The van der Waals surface area contributed by atoms with Crippen LogP contribution in [-0.4, -0.2) is 139 Å². The number of thiophene rings is 2. The van der Waals surface area contributed by atoms with Crippen molar-refractivity contribution in [2.24, 2.45) is 7.05 Å². The number of halogens is 7. The fraction of sp³-hybridized carbons (Fsp3) is 0.277. The fourth-order valence-corrected chi connectivity index (χ4v) is 20.3. The average molecular weight is 1500 g/mol. The van der Waals surface area contributed by atoms with Crippen LogP contribution in [0.4, 0.5) is 13.2 Å². The van der Waals surface area contributed by atoms with E-state index in [2.05, 4.69) is 35.9 Å². The van der Waals surface area contributed by atoms with E-state index in [1.165, 1.54) is 102 Å². The quantitative estimate of drug-likeness (QED) is 0.0723. The zero-order chi connectivity index (χ0) is 70.2. The van der Waals surface area contributed by atoms with E-state index in [1.54, 1.807) is 80.7 Å². The third-order valence-electron chi connectivity index (χ3n) is 16.8. The number of carbonyl (C=O) groups excluding carboxylic acids is 3. The molecule has 0 saturated carbocycles. The molecule has 3 N–H and O–H groups in total. The summed E-state index contributed by atoms with van der Waals surface area (Å²) in [6.45, 7) is 8.94.